The quantitative estimate of drug-likeness (QED) is 0.760. The summed E-state index contributed by atoms with van der Waals surface area (Å²) in [7, 11) is -0.746. The zero-order valence-electron chi connectivity index (χ0n) is 7.21. The SMILES string of the molecule is O=POc1cccc(C(=O)O)c1C(=O)O. The second-order valence-corrected chi connectivity index (χ2v) is 2.79. The standard InChI is InChI=1S/C8H5O6P/c9-7(10)4-2-1-3-5(14-15-13)6(4)8(11)12/h1-3H,(H,9,10)(H,11,12). The second-order valence-electron chi connectivity index (χ2n) is 2.45. The molecule has 0 aliphatic rings. The summed E-state index contributed by atoms with van der Waals surface area (Å²) in [4.78, 5) is 21.5. The van der Waals surface area contributed by atoms with Crippen LogP contribution >= 0.6 is 8.69 Å². The van der Waals surface area contributed by atoms with Crippen molar-refractivity contribution in [3.05, 3.63) is 29.3 Å². The summed E-state index contributed by atoms with van der Waals surface area (Å²) in [5, 5.41) is 17.5. The van der Waals surface area contributed by atoms with Crippen molar-refractivity contribution < 1.29 is 28.9 Å². The number of carboxylic acids is 2. The van der Waals surface area contributed by atoms with Gasteiger partial charge in [-0.1, -0.05) is 6.07 Å². The molecule has 0 unspecified atom stereocenters. The average Bonchev–Trinajstić information content (AvgIpc) is 2.17. The molecular formula is C8H5O6P. The fourth-order valence-corrected chi connectivity index (χ4v) is 1.28. The van der Waals surface area contributed by atoms with Gasteiger partial charge in [0.2, 0.25) is 0 Å². The van der Waals surface area contributed by atoms with Crippen LogP contribution in [0.4, 0.5) is 0 Å². The number of carbonyl (C=O) groups is 2. The van der Waals surface area contributed by atoms with E-state index >= 15 is 0 Å². The van der Waals surface area contributed by atoms with E-state index in [1.165, 1.54) is 12.1 Å². The Bertz CT molecular complexity index is 427. The average molecular weight is 228 g/mol. The van der Waals surface area contributed by atoms with Gasteiger partial charge in [-0.05, 0) is 12.1 Å². The van der Waals surface area contributed by atoms with Crippen LogP contribution in [0.1, 0.15) is 20.7 Å². The van der Waals surface area contributed by atoms with E-state index in [0.717, 1.165) is 6.07 Å². The van der Waals surface area contributed by atoms with Gasteiger partial charge in [0.15, 0.2) is 0 Å². The molecular weight excluding hydrogens is 223 g/mol. The molecule has 0 atom stereocenters. The third-order valence-electron chi connectivity index (χ3n) is 1.61. The topological polar surface area (TPSA) is 101 Å². The smallest absolute Gasteiger partial charge is 0.395 e. The summed E-state index contributed by atoms with van der Waals surface area (Å²) in [5.74, 6) is -3.09. The van der Waals surface area contributed by atoms with Crippen LogP contribution < -0.4 is 4.52 Å². The predicted octanol–water partition coefficient (Wildman–Crippen LogP) is 1.67. The highest BCUT2D eigenvalue weighted by Gasteiger charge is 2.21. The van der Waals surface area contributed by atoms with Crippen LogP contribution in [0, 0.1) is 0 Å². The lowest BCUT2D eigenvalue weighted by molar-refractivity contribution is 0.0649. The molecule has 0 aromatic heterocycles. The molecule has 6 nitrogen and oxygen atoms in total. The number of carboxylic acid groups (broad SMARTS) is 2. The van der Waals surface area contributed by atoms with Crippen LogP contribution in [0.5, 0.6) is 5.75 Å². The molecule has 1 rings (SSSR count). The fourth-order valence-electron chi connectivity index (χ4n) is 1.05. The Labute approximate surface area is 85.4 Å². The van der Waals surface area contributed by atoms with Crippen molar-refractivity contribution in [3.63, 3.8) is 0 Å². The van der Waals surface area contributed by atoms with Crippen LogP contribution in [0.25, 0.3) is 0 Å². The van der Waals surface area contributed by atoms with Crippen LogP contribution in [-0.2, 0) is 4.57 Å². The minimum atomic E-state index is -1.45. The molecule has 1 aromatic rings. The highest BCUT2D eigenvalue weighted by molar-refractivity contribution is 7.17. The lowest BCUT2D eigenvalue weighted by atomic mass is 10.1. The maximum atomic E-state index is 10.8. The normalized spacial score (nSPS) is 9.87. The maximum Gasteiger partial charge on any atom is 0.395 e. The summed E-state index contributed by atoms with van der Waals surface area (Å²) in [6.07, 6.45) is 0. The summed E-state index contributed by atoms with van der Waals surface area (Å²) in [6, 6.07) is 3.65. The zero-order valence-corrected chi connectivity index (χ0v) is 8.10. The Morgan fingerprint density at radius 3 is 2.33 bits per heavy atom. The Hall–Kier alpha value is -1.94. The van der Waals surface area contributed by atoms with Gasteiger partial charge in [-0.2, -0.15) is 0 Å². The van der Waals surface area contributed by atoms with E-state index in [2.05, 4.69) is 4.52 Å². The van der Waals surface area contributed by atoms with Crippen molar-refractivity contribution in [2.75, 3.05) is 0 Å². The first-order chi connectivity index (χ1) is 7.07. The van der Waals surface area contributed by atoms with E-state index in [1.54, 1.807) is 0 Å². The molecule has 0 saturated carbocycles. The van der Waals surface area contributed by atoms with Crippen molar-refractivity contribution in [2.24, 2.45) is 0 Å². The van der Waals surface area contributed by atoms with Crippen molar-refractivity contribution >= 4 is 20.6 Å². The van der Waals surface area contributed by atoms with Gasteiger partial charge in [0, 0.05) is 0 Å². The summed E-state index contributed by atoms with van der Waals surface area (Å²) < 4.78 is 14.6. The molecule has 2 N–H and O–H groups in total. The van der Waals surface area contributed by atoms with E-state index in [9.17, 15) is 14.2 Å². The molecule has 0 amide bonds. The zero-order chi connectivity index (χ0) is 11.4. The molecule has 1 aromatic carbocycles. The van der Waals surface area contributed by atoms with Crippen LogP contribution in [-0.4, -0.2) is 22.2 Å². The number of benzene rings is 1. The molecule has 0 bridgehead atoms. The molecule has 0 aliphatic carbocycles. The molecule has 0 aliphatic heterocycles. The third-order valence-corrected chi connectivity index (χ3v) is 1.88. The molecule has 0 spiro atoms. The Morgan fingerprint density at radius 1 is 1.20 bits per heavy atom. The molecule has 15 heavy (non-hydrogen) atoms. The Kier molecular flexibility index (Phi) is 3.36. The molecule has 7 heteroatoms. The fraction of sp³-hybridized carbons (Fsp3) is 0. The van der Waals surface area contributed by atoms with Crippen molar-refractivity contribution in [1.82, 2.24) is 0 Å². The lowest BCUT2D eigenvalue weighted by Crippen LogP contribution is -2.08. The van der Waals surface area contributed by atoms with Crippen molar-refractivity contribution in [2.45, 2.75) is 0 Å². The number of hydrogen-bond donors (Lipinski definition) is 2. The van der Waals surface area contributed by atoms with Crippen LogP contribution in [0.15, 0.2) is 18.2 Å². The highest BCUT2D eigenvalue weighted by atomic mass is 31.1. The van der Waals surface area contributed by atoms with Gasteiger partial charge in [-0.15, -0.1) is 0 Å². The monoisotopic (exact) mass is 228 g/mol. The van der Waals surface area contributed by atoms with E-state index in [-0.39, 0.29) is 5.75 Å². The van der Waals surface area contributed by atoms with E-state index in [1.807, 2.05) is 0 Å². The largest absolute Gasteiger partial charge is 0.478 e. The first-order valence-corrected chi connectivity index (χ1v) is 4.40. The first-order valence-electron chi connectivity index (χ1n) is 3.67. The lowest BCUT2D eigenvalue weighted by Gasteiger charge is -2.05. The maximum absolute atomic E-state index is 10.8. The molecule has 0 fully saturated rings. The minimum Gasteiger partial charge on any atom is -0.478 e. The second kappa shape index (κ2) is 4.52. The minimum absolute atomic E-state index is 0.251. The predicted molar refractivity (Wildman–Crippen MR) is 48.6 cm³/mol. The van der Waals surface area contributed by atoms with E-state index in [4.69, 9.17) is 10.2 Å². The Balaban J connectivity index is 3.40. The van der Waals surface area contributed by atoms with Crippen LogP contribution in [0.3, 0.4) is 0 Å². The molecule has 78 valence electrons. The van der Waals surface area contributed by atoms with Gasteiger partial charge in [0.25, 0.3) is 0 Å². The molecule has 0 heterocycles. The van der Waals surface area contributed by atoms with Gasteiger partial charge in [0.1, 0.15) is 11.3 Å². The van der Waals surface area contributed by atoms with E-state index < -0.39 is 31.8 Å². The number of hydrogen-bond acceptors (Lipinski definition) is 4. The van der Waals surface area contributed by atoms with Crippen molar-refractivity contribution in [1.29, 1.82) is 0 Å². The van der Waals surface area contributed by atoms with Crippen molar-refractivity contribution in [3.8, 4) is 5.75 Å². The third kappa shape index (κ3) is 2.30. The Morgan fingerprint density at radius 2 is 1.87 bits per heavy atom. The van der Waals surface area contributed by atoms with E-state index in [0.29, 0.717) is 0 Å². The summed E-state index contributed by atoms with van der Waals surface area (Å²) in [5.41, 5.74) is -0.933. The highest BCUT2D eigenvalue weighted by Crippen LogP contribution is 2.25. The first kappa shape index (κ1) is 11.1. The van der Waals surface area contributed by atoms with Gasteiger partial charge in [-0.3, -0.25) is 0 Å². The van der Waals surface area contributed by atoms with Crippen LogP contribution in [0.2, 0.25) is 0 Å². The van der Waals surface area contributed by atoms with Gasteiger partial charge in [0.05, 0.1) is 5.56 Å². The molecule has 0 saturated heterocycles. The van der Waals surface area contributed by atoms with Gasteiger partial charge < -0.3 is 14.7 Å². The number of aromatic carboxylic acids is 2. The molecule has 0 radical (unpaired) electrons. The number of rotatable bonds is 4. The summed E-state index contributed by atoms with van der Waals surface area (Å²) >= 11 is 0. The summed E-state index contributed by atoms with van der Waals surface area (Å²) in [6.45, 7) is 0. The van der Waals surface area contributed by atoms with Gasteiger partial charge in [-0.25, -0.2) is 14.2 Å². The van der Waals surface area contributed by atoms with Gasteiger partial charge >= 0.3 is 20.6 Å².